The van der Waals surface area contributed by atoms with Crippen molar-refractivity contribution in [2.75, 3.05) is 37.6 Å². The number of halogens is 3. The second kappa shape index (κ2) is 8.51. The minimum Gasteiger partial charge on any atom is -0.368 e. The first-order valence-corrected chi connectivity index (χ1v) is 10.8. The number of amides is 3. The zero-order chi connectivity index (χ0) is 22.2. The van der Waals surface area contributed by atoms with E-state index < -0.39 is 11.7 Å². The van der Waals surface area contributed by atoms with E-state index in [1.54, 1.807) is 11.0 Å². The van der Waals surface area contributed by atoms with Crippen molar-refractivity contribution in [3.05, 3.63) is 29.8 Å². The van der Waals surface area contributed by atoms with E-state index in [1.807, 2.05) is 4.90 Å². The molecule has 3 aliphatic rings. The average Bonchev–Trinajstić information content (AvgIpc) is 3.02. The van der Waals surface area contributed by atoms with Gasteiger partial charge in [0, 0.05) is 44.8 Å². The van der Waals surface area contributed by atoms with Gasteiger partial charge in [-0.1, -0.05) is 18.9 Å². The van der Waals surface area contributed by atoms with Crippen LogP contribution >= 0.6 is 0 Å². The summed E-state index contributed by atoms with van der Waals surface area (Å²) < 4.78 is 38.8. The van der Waals surface area contributed by atoms with Crippen LogP contribution < -0.4 is 4.90 Å². The SMILES string of the molecule is O=C(CCN1C(=O)C2CCCCC2C1=O)N1CCN(c2cccc(C(F)(F)F)c2)CC1. The molecule has 3 amide bonds. The first kappa shape index (κ1) is 21.6. The lowest BCUT2D eigenvalue weighted by Crippen LogP contribution is -2.49. The van der Waals surface area contributed by atoms with Gasteiger partial charge in [-0.05, 0) is 31.0 Å². The van der Waals surface area contributed by atoms with E-state index in [0.717, 1.165) is 37.8 Å². The molecule has 3 fully saturated rings. The van der Waals surface area contributed by atoms with Crippen molar-refractivity contribution in [1.82, 2.24) is 9.80 Å². The summed E-state index contributed by atoms with van der Waals surface area (Å²) in [6.07, 6.45) is -0.892. The van der Waals surface area contributed by atoms with Crippen LogP contribution in [-0.2, 0) is 20.6 Å². The normalized spacial score (nSPS) is 24.5. The second-order valence-corrected chi connectivity index (χ2v) is 8.49. The molecule has 1 aromatic carbocycles. The molecule has 2 atom stereocenters. The number of alkyl halides is 3. The van der Waals surface area contributed by atoms with Gasteiger partial charge in [-0.3, -0.25) is 19.3 Å². The van der Waals surface area contributed by atoms with Gasteiger partial charge < -0.3 is 9.80 Å². The fraction of sp³-hybridized carbons (Fsp3) is 0.591. The Labute approximate surface area is 179 Å². The summed E-state index contributed by atoms with van der Waals surface area (Å²) >= 11 is 0. The van der Waals surface area contributed by atoms with Crippen molar-refractivity contribution >= 4 is 23.4 Å². The maximum atomic E-state index is 12.9. The van der Waals surface area contributed by atoms with Crippen molar-refractivity contribution in [3.8, 4) is 0 Å². The van der Waals surface area contributed by atoms with Crippen LogP contribution in [0.3, 0.4) is 0 Å². The summed E-state index contributed by atoms with van der Waals surface area (Å²) in [5, 5.41) is 0. The quantitative estimate of drug-likeness (QED) is 0.680. The second-order valence-electron chi connectivity index (χ2n) is 8.49. The highest BCUT2D eigenvalue weighted by atomic mass is 19.4. The van der Waals surface area contributed by atoms with Gasteiger partial charge in [-0.15, -0.1) is 0 Å². The smallest absolute Gasteiger partial charge is 0.368 e. The number of imide groups is 1. The molecule has 2 aliphatic heterocycles. The Kier molecular flexibility index (Phi) is 5.94. The lowest BCUT2D eigenvalue weighted by Gasteiger charge is -2.36. The molecule has 2 unspecified atom stereocenters. The predicted molar refractivity (Wildman–Crippen MR) is 107 cm³/mol. The number of carbonyl (C=O) groups is 3. The molecule has 168 valence electrons. The van der Waals surface area contributed by atoms with Crippen molar-refractivity contribution in [3.63, 3.8) is 0 Å². The Morgan fingerprint density at radius 3 is 2.16 bits per heavy atom. The predicted octanol–water partition coefficient (Wildman–Crippen LogP) is 2.92. The highest BCUT2D eigenvalue weighted by molar-refractivity contribution is 6.05. The minimum absolute atomic E-state index is 0.0838. The van der Waals surface area contributed by atoms with E-state index in [0.29, 0.717) is 31.9 Å². The van der Waals surface area contributed by atoms with Crippen LogP contribution in [0, 0.1) is 11.8 Å². The number of nitrogens with zero attached hydrogens (tertiary/aromatic N) is 3. The molecule has 4 rings (SSSR count). The lowest BCUT2D eigenvalue weighted by atomic mass is 9.81. The molecule has 1 saturated carbocycles. The van der Waals surface area contributed by atoms with Crippen LogP contribution in [-0.4, -0.2) is 60.2 Å². The maximum absolute atomic E-state index is 12.9. The topological polar surface area (TPSA) is 60.9 Å². The van der Waals surface area contributed by atoms with Crippen molar-refractivity contribution in [1.29, 1.82) is 0 Å². The molecule has 0 bridgehead atoms. The summed E-state index contributed by atoms with van der Waals surface area (Å²) in [7, 11) is 0. The highest BCUT2D eigenvalue weighted by Gasteiger charge is 2.47. The molecule has 9 heteroatoms. The summed E-state index contributed by atoms with van der Waals surface area (Å²) in [6.45, 7) is 1.75. The maximum Gasteiger partial charge on any atom is 0.416 e. The van der Waals surface area contributed by atoms with Crippen LogP contribution in [0.25, 0.3) is 0 Å². The van der Waals surface area contributed by atoms with E-state index in [9.17, 15) is 27.6 Å². The van der Waals surface area contributed by atoms with Crippen molar-refractivity contribution < 1.29 is 27.6 Å². The van der Waals surface area contributed by atoms with Gasteiger partial charge in [0.15, 0.2) is 0 Å². The largest absolute Gasteiger partial charge is 0.416 e. The fourth-order valence-corrected chi connectivity index (χ4v) is 4.91. The van der Waals surface area contributed by atoms with Crippen LogP contribution in [0.1, 0.15) is 37.7 Å². The highest BCUT2D eigenvalue weighted by Crippen LogP contribution is 2.38. The Morgan fingerprint density at radius 2 is 1.58 bits per heavy atom. The van der Waals surface area contributed by atoms with Gasteiger partial charge in [0.25, 0.3) is 0 Å². The number of rotatable bonds is 4. The Balaban J connectivity index is 1.29. The molecule has 2 saturated heterocycles. The van der Waals surface area contributed by atoms with Gasteiger partial charge in [-0.2, -0.15) is 13.2 Å². The molecule has 0 aromatic heterocycles. The van der Waals surface area contributed by atoms with Crippen molar-refractivity contribution in [2.24, 2.45) is 11.8 Å². The Morgan fingerprint density at radius 1 is 0.968 bits per heavy atom. The third-order valence-corrected chi connectivity index (χ3v) is 6.65. The van der Waals surface area contributed by atoms with E-state index >= 15 is 0 Å². The minimum atomic E-state index is -4.39. The Hall–Kier alpha value is -2.58. The first-order chi connectivity index (χ1) is 14.8. The van der Waals surface area contributed by atoms with E-state index in [-0.39, 0.29) is 42.5 Å². The summed E-state index contributed by atoms with van der Waals surface area (Å²) in [6, 6.07) is 5.19. The molecular weight excluding hydrogens is 411 g/mol. The van der Waals surface area contributed by atoms with Crippen LogP contribution in [0.4, 0.5) is 18.9 Å². The Bertz CT molecular complexity index is 841. The van der Waals surface area contributed by atoms with Crippen LogP contribution in [0.15, 0.2) is 24.3 Å². The molecule has 0 spiro atoms. The van der Waals surface area contributed by atoms with Gasteiger partial charge >= 0.3 is 6.18 Å². The summed E-state index contributed by atoms with van der Waals surface area (Å²) in [5.74, 6) is -0.854. The first-order valence-electron chi connectivity index (χ1n) is 10.8. The number of anilines is 1. The monoisotopic (exact) mass is 437 g/mol. The van der Waals surface area contributed by atoms with E-state index in [2.05, 4.69) is 0 Å². The van der Waals surface area contributed by atoms with Gasteiger partial charge in [-0.25, -0.2) is 0 Å². The molecule has 1 aromatic rings. The van der Waals surface area contributed by atoms with Gasteiger partial charge in [0.2, 0.25) is 17.7 Å². The number of hydrogen-bond donors (Lipinski definition) is 0. The fourth-order valence-electron chi connectivity index (χ4n) is 4.91. The summed E-state index contributed by atoms with van der Waals surface area (Å²) in [4.78, 5) is 42.4. The molecule has 2 heterocycles. The zero-order valence-electron chi connectivity index (χ0n) is 17.2. The molecule has 0 radical (unpaired) electrons. The molecule has 0 N–H and O–H groups in total. The van der Waals surface area contributed by atoms with Gasteiger partial charge in [0.1, 0.15) is 0 Å². The lowest BCUT2D eigenvalue weighted by molar-refractivity contribution is -0.141. The summed E-state index contributed by atoms with van der Waals surface area (Å²) in [5.41, 5.74) is -0.207. The van der Waals surface area contributed by atoms with Crippen LogP contribution in [0.2, 0.25) is 0 Å². The van der Waals surface area contributed by atoms with E-state index in [1.165, 1.54) is 11.0 Å². The number of hydrogen-bond acceptors (Lipinski definition) is 4. The molecule has 1 aliphatic carbocycles. The van der Waals surface area contributed by atoms with Crippen molar-refractivity contribution in [2.45, 2.75) is 38.3 Å². The number of likely N-dealkylation sites (tertiary alicyclic amines) is 1. The average molecular weight is 437 g/mol. The van der Waals surface area contributed by atoms with Crippen LogP contribution in [0.5, 0.6) is 0 Å². The number of fused-ring (bicyclic) bond motifs is 1. The molecule has 31 heavy (non-hydrogen) atoms. The number of benzene rings is 1. The third kappa shape index (κ3) is 4.41. The number of carbonyl (C=O) groups excluding carboxylic acids is 3. The molecule has 6 nitrogen and oxygen atoms in total. The number of piperazine rings is 1. The standard InChI is InChI=1S/C22H26F3N3O3/c23-22(24,25)15-4-3-5-16(14-15)26-10-12-27(13-11-26)19(29)8-9-28-20(30)17-6-1-2-7-18(17)21(28)31/h3-5,14,17-18H,1-2,6-13H2. The van der Waals surface area contributed by atoms with Gasteiger partial charge in [0.05, 0.1) is 17.4 Å². The third-order valence-electron chi connectivity index (χ3n) is 6.65. The molecular formula is C22H26F3N3O3. The van der Waals surface area contributed by atoms with E-state index in [4.69, 9.17) is 0 Å². The zero-order valence-corrected chi connectivity index (χ0v) is 17.2.